The molecule has 190 valence electrons. The summed E-state index contributed by atoms with van der Waals surface area (Å²) in [6.07, 6.45) is 2.59. The highest BCUT2D eigenvalue weighted by Gasteiger charge is 2.31. The molecule has 2 aromatic heterocycles. The second kappa shape index (κ2) is 10.7. The van der Waals surface area contributed by atoms with E-state index in [0.717, 1.165) is 47.1 Å². The minimum absolute atomic E-state index is 0.107. The molecule has 2 aromatic carbocycles. The van der Waals surface area contributed by atoms with Crippen molar-refractivity contribution in [2.45, 2.75) is 78.6 Å². The maximum atomic E-state index is 13.6. The summed E-state index contributed by atoms with van der Waals surface area (Å²) in [5.74, 6) is 0.504. The average Bonchev–Trinajstić information content (AvgIpc) is 3.35. The van der Waals surface area contributed by atoms with E-state index in [1.807, 2.05) is 35.9 Å². The maximum Gasteiger partial charge on any atom is 0.252 e. The summed E-state index contributed by atoms with van der Waals surface area (Å²) < 4.78 is 15.6. The number of fused-ring (bicyclic) bond motifs is 1. The summed E-state index contributed by atoms with van der Waals surface area (Å²) >= 11 is 0. The number of aryl methyl sites for hydroxylation is 1. The normalized spacial score (nSPS) is 13.0. The zero-order valence-electron chi connectivity index (χ0n) is 21.8. The SMILES string of the molecule is CCC[C@H](c1nnnn1C(C)(C)CC)N(Cc1ccc(F)cc1)Cc1cc2cccc(C)c2[nH]c1=O. The van der Waals surface area contributed by atoms with Crippen molar-refractivity contribution in [3.8, 4) is 0 Å². The number of aromatic amines is 1. The lowest BCUT2D eigenvalue weighted by atomic mass is 10.00. The summed E-state index contributed by atoms with van der Waals surface area (Å²) in [4.78, 5) is 18.5. The predicted molar refractivity (Wildman–Crippen MR) is 140 cm³/mol. The van der Waals surface area contributed by atoms with E-state index in [2.05, 4.69) is 53.1 Å². The van der Waals surface area contributed by atoms with Gasteiger partial charge in [0.2, 0.25) is 0 Å². The van der Waals surface area contributed by atoms with Crippen molar-refractivity contribution in [1.29, 1.82) is 0 Å². The van der Waals surface area contributed by atoms with Crippen molar-refractivity contribution in [1.82, 2.24) is 30.1 Å². The third-order valence-electron chi connectivity index (χ3n) is 7.07. The zero-order valence-corrected chi connectivity index (χ0v) is 21.8. The van der Waals surface area contributed by atoms with Crippen LogP contribution in [0.1, 0.15) is 75.5 Å². The lowest BCUT2D eigenvalue weighted by molar-refractivity contribution is 0.145. The third-order valence-corrected chi connectivity index (χ3v) is 7.07. The molecule has 0 bridgehead atoms. The molecule has 1 atom stereocenters. The summed E-state index contributed by atoms with van der Waals surface area (Å²) in [6, 6.07) is 14.4. The molecule has 1 N–H and O–H groups in total. The molecule has 0 amide bonds. The first-order chi connectivity index (χ1) is 17.2. The van der Waals surface area contributed by atoms with Crippen LogP contribution in [0.25, 0.3) is 10.9 Å². The molecule has 0 aliphatic heterocycles. The zero-order chi connectivity index (χ0) is 25.9. The van der Waals surface area contributed by atoms with Crippen molar-refractivity contribution in [3.63, 3.8) is 0 Å². The molecule has 36 heavy (non-hydrogen) atoms. The van der Waals surface area contributed by atoms with Crippen molar-refractivity contribution in [3.05, 3.63) is 87.2 Å². The Labute approximate surface area is 211 Å². The fourth-order valence-corrected chi connectivity index (χ4v) is 4.60. The maximum absolute atomic E-state index is 13.6. The van der Waals surface area contributed by atoms with Gasteiger partial charge in [-0.25, -0.2) is 9.07 Å². The molecule has 0 aliphatic carbocycles. The van der Waals surface area contributed by atoms with Crippen molar-refractivity contribution >= 4 is 10.9 Å². The molecule has 0 fully saturated rings. The number of para-hydroxylation sites is 1. The summed E-state index contributed by atoms with van der Waals surface area (Å²) in [6.45, 7) is 11.4. The Balaban J connectivity index is 1.80. The number of benzene rings is 2. The Hall–Kier alpha value is -3.39. The molecular weight excluding hydrogens is 455 g/mol. The first-order valence-electron chi connectivity index (χ1n) is 12.6. The molecule has 7 nitrogen and oxygen atoms in total. The topological polar surface area (TPSA) is 79.7 Å². The first-order valence-corrected chi connectivity index (χ1v) is 12.6. The van der Waals surface area contributed by atoms with Gasteiger partial charge in [-0.1, -0.05) is 50.6 Å². The summed E-state index contributed by atoms with van der Waals surface area (Å²) in [5, 5.41) is 13.8. The highest BCUT2D eigenvalue weighted by molar-refractivity contribution is 5.81. The summed E-state index contributed by atoms with van der Waals surface area (Å²) in [5.41, 5.74) is 3.15. The number of nitrogens with zero attached hydrogens (tertiary/aromatic N) is 5. The molecule has 4 aromatic rings. The molecule has 0 aliphatic rings. The van der Waals surface area contributed by atoms with Gasteiger partial charge in [-0.3, -0.25) is 9.69 Å². The van der Waals surface area contributed by atoms with Crippen LogP contribution in [0.5, 0.6) is 0 Å². The van der Waals surface area contributed by atoms with Crippen LogP contribution in [-0.2, 0) is 18.6 Å². The molecule has 0 saturated carbocycles. The predicted octanol–water partition coefficient (Wildman–Crippen LogP) is 5.65. The number of tetrazole rings is 1. The minimum Gasteiger partial charge on any atom is -0.321 e. The van der Waals surface area contributed by atoms with Gasteiger partial charge in [-0.2, -0.15) is 0 Å². The fraction of sp³-hybridized carbons (Fsp3) is 0.429. The highest BCUT2D eigenvalue weighted by atomic mass is 19.1. The van der Waals surface area contributed by atoms with E-state index in [1.165, 1.54) is 12.1 Å². The first kappa shape index (κ1) is 25.7. The largest absolute Gasteiger partial charge is 0.321 e. The smallest absolute Gasteiger partial charge is 0.252 e. The van der Waals surface area contributed by atoms with Crippen molar-refractivity contribution in [2.75, 3.05) is 0 Å². The Bertz CT molecular complexity index is 1380. The summed E-state index contributed by atoms with van der Waals surface area (Å²) in [7, 11) is 0. The number of halogens is 1. The molecular formula is C28H35FN6O. The number of hydrogen-bond acceptors (Lipinski definition) is 5. The molecule has 0 spiro atoms. The van der Waals surface area contributed by atoms with Gasteiger partial charge in [-0.15, -0.1) is 5.10 Å². The number of rotatable bonds is 10. The number of nitrogens with one attached hydrogen (secondary N) is 1. The van der Waals surface area contributed by atoms with Crippen LogP contribution >= 0.6 is 0 Å². The quantitative estimate of drug-likeness (QED) is 0.311. The van der Waals surface area contributed by atoms with E-state index in [9.17, 15) is 9.18 Å². The van der Waals surface area contributed by atoms with E-state index in [0.29, 0.717) is 18.7 Å². The molecule has 4 rings (SSSR count). The Kier molecular flexibility index (Phi) is 7.64. The number of aromatic nitrogens is 5. The van der Waals surface area contributed by atoms with Crippen LogP contribution in [-0.4, -0.2) is 30.1 Å². The Morgan fingerprint density at radius 1 is 1.11 bits per heavy atom. The van der Waals surface area contributed by atoms with Crippen LogP contribution < -0.4 is 5.56 Å². The molecule has 0 saturated heterocycles. The number of H-pyrrole nitrogens is 1. The van der Waals surface area contributed by atoms with Gasteiger partial charge in [0.25, 0.3) is 5.56 Å². The number of hydrogen-bond donors (Lipinski definition) is 1. The molecule has 0 radical (unpaired) electrons. The standard InChI is InChI=1S/C28H35FN6O/c1-6-9-24(26-31-32-33-35(26)28(4,5)7-2)34(17-20-12-14-23(29)15-13-20)18-22-16-21-11-8-10-19(3)25(21)30-27(22)36/h8,10-16,24H,6-7,9,17-18H2,1-5H3,(H,30,36)/t24-/m1/s1. The Morgan fingerprint density at radius 3 is 2.56 bits per heavy atom. The molecule has 2 heterocycles. The van der Waals surface area contributed by atoms with Crippen LogP contribution in [0.3, 0.4) is 0 Å². The molecule has 0 unspecified atom stereocenters. The Morgan fingerprint density at radius 2 is 1.86 bits per heavy atom. The van der Waals surface area contributed by atoms with E-state index in [1.54, 1.807) is 12.1 Å². The van der Waals surface area contributed by atoms with Gasteiger partial charge in [0.1, 0.15) is 5.82 Å². The van der Waals surface area contributed by atoms with Gasteiger partial charge in [0.15, 0.2) is 5.82 Å². The average molecular weight is 491 g/mol. The van der Waals surface area contributed by atoms with Crippen LogP contribution in [0.15, 0.2) is 53.3 Å². The van der Waals surface area contributed by atoms with Crippen molar-refractivity contribution < 1.29 is 4.39 Å². The monoisotopic (exact) mass is 490 g/mol. The molecule has 8 heteroatoms. The van der Waals surface area contributed by atoms with Gasteiger partial charge >= 0.3 is 0 Å². The second-order valence-corrected chi connectivity index (χ2v) is 10.1. The van der Waals surface area contributed by atoms with E-state index < -0.39 is 0 Å². The van der Waals surface area contributed by atoms with Gasteiger partial charge in [0, 0.05) is 18.7 Å². The van der Waals surface area contributed by atoms with Crippen LogP contribution in [0.2, 0.25) is 0 Å². The lowest BCUT2D eigenvalue weighted by Crippen LogP contribution is -2.36. The van der Waals surface area contributed by atoms with E-state index >= 15 is 0 Å². The van der Waals surface area contributed by atoms with Crippen molar-refractivity contribution in [2.24, 2.45) is 0 Å². The van der Waals surface area contributed by atoms with Crippen LogP contribution in [0.4, 0.5) is 4.39 Å². The third kappa shape index (κ3) is 5.38. The van der Waals surface area contributed by atoms with Crippen LogP contribution in [0, 0.1) is 12.7 Å². The van der Waals surface area contributed by atoms with E-state index in [4.69, 9.17) is 0 Å². The minimum atomic E-state index is -0.273. The van der Waals surface area contributed by atoms with Gasteiger partial charge in [0.05, 0.1) is 17.1 Å². The van der Waals surface area contributed by atoms with Gasteiger partial charge in [-0.05, 0) is 78.8 Å². The lowest BCUT2D eigenvalue weighted by Gasteiger charge is -2.33. The number of pyridine rings is 1. The fourth-order valence-electron chi connectivity index (χ4n) is 4.60. The van der Waals surface area contributed by atoms with E-state index in [-0.39, 0.29) is 23.0 Å². The van der Waals surface area contributed by atoms with Gasteiger partial charge < -0.3 is 4.98 Å². The highest BCUT2D eigenvalue weighted by Crippen LogP contribution is 2.31. The second-order valence-electron chi connectivity index (χ2n) is 10.1.